The highest BCUT2D eigenvalue weighted by atomic mass is 19.1. The molecule has 3 N–H and O–H groups in total. The van der Waals surface area contributed by atoms with E-state index >= 15 is 0 Å². The van der Waals surface area contributed by atoms with E-state index < -0.39 is 6.10 Å². The number of carbonyl (C=O) groups is 1. The van der Waals surface area contributed by atoms with E-state index in [1.807, 2.05) is 6.92 Å². The number of rotatable bonds is 7. The largest absolute Gasteiger partial charge is 0.392 e. The number of aliphatic hydroxyl groups excluding tert-OH is 1. The van der Waals surface area contributed by atoms with Gasteiger partial charge < -0.3 is 15.7 Å². The molecule has 0 radical (unpaired) electrons. The lowest BCUT2D eigenvalue weighted by molar-refractivity contribution is 0.0924. The number of anilines is 2. The number of hydrogen-bond donors (Lipinski definition) is 3. The summed E-state index contributed by atoms with van der Waals surface area (Å²) in [6, 6.07) is 9.79. The van der Waals surface area contributed by atoms with Crippen LogP contribution in [0, 0.1) is 5.82 Å². The van der Waals surface area contributed by atoms with Gasteiger partial charge in [0, 0.05) is 41.9 Å². The van der Waals surface area contributed by atoms with Crippen LogP contribution in [0.5, 0.6) is 0 Å². The Hall–Kier alpha value is -3.58. The summed E-state index contributed by atoms with van der Waals surface area (Å²) in [6.07, 6.45) is 3.97. The molecule has 0 spiro atoms. The Morgan fingerprint density at radius 3 is 2.67 bits per heavy atom. The fourth-order valence-electron chi connectivity index (χ4n) is 2.88. The van der Waals surface area contributed by atoms with Crippen LogP contribution in [0.15, 0.2) is 61.6 Å². The molecule has 1 atom stereocenters. The molecule has 0 aliphatic rings. The Bertz CT molecular complexity index is 1080. The van der Waals surface area contributed by atoms with Crippen molar-refractivity contribution < 1.29 is 14.3 Å². The quantitative estimate of drug-likeness (QED) is 0.548. The van der Waals surface area contributed by atoms with Gasteiger partial charge in [0.15, 0.2) is 0 Å². The molecule has 1 aromatic carbocycles. The Labute approximate surface area is 174 Å². The number of nitrogens with zero attached hydrogens (tertiary/aromatic N) is 2. The molecule has 2 aromatic heterocycles. The SMILES string of the molecule is C=C(C)c1cnc(-c2ccccc2F)cc1Nc1ccncc1C(=O)NCC(C)O. The van der Waals surface area contributed by atoms with Gasteiger partial charge in [0.05, 0.1) is 23.0 Å². The predicted molar refractivity (Wildman–Crippen MR) is 116 cm³/mol. The maximum atomic E-state index is 14.3. The molecule has 3 rings (SSSR count). The first-order valence-electron chi connectivity index (χ1n) is 9.45. The van der Waals surface area contributed by atoms with E-state index in [1.54, 1.807) is 49.6 Å². The van der Waals surface area contributed by atoms with Gasteiger partial charge in [-0.05, 0) is 43.7 Å². The topological polar surface area (TPSA) is 87.1 Å². The first-order chi connectivity index (χ1) is 14.4. The third-order valence-corrected chi connectivity index (χ3v) is 4.41. The van der Waals surface area contributed by atoms with E-state index in [1.165, 1.54) is 12.3 Å². The van der Waals surface area contributed by atoms with E-state index in [9.17, 15) is 14.3 Å². The molecule has 0 saturated carbocycles. The molecule has 30 heavy (non-hydrogen) atoms. The van der Waals surface area contributed by atoms with E-state index in [-0.39, 0.29) is 18.3 Å². The predicted octanol–water partition coefficient (Wildman–Crippen LogP) is 4.17. The maximum absolute atomic E-state index is 14.3. The first kappa shape index (κ1) is 21.1. The number of aromatic nitrogens is 2. The van der Waals surface area contributed by atoms with Crippen LogP contribution in [0.3, 0.4) is 0 Å². The summed E-state index contributed by atoms with van der Waals surface area (Å²) in [6.45, 7) is 7.53. The zero-order valence-electron chi connectivity index (χ0n) is 16.8. The highest BCUT2D eigenvalue weighted by Crippen LogP contribution is 2.31. The zero-order chi connectivity index (χ0) is 21.7. The number of pyridine rings is 2. The van der Waals surface area contributed by atoms with Gasteiger partial charge in [0.1, 0.15) is 5.82 Å². The van der Waals surface area contributed by atoms with Crippen LogP contribution in [0.2, 0.25) is 0 Å². The van der Waals surface area contributed by atoms with Gasteiger partial charge in [-0.2, -0.15) is 0 Å². The summed E-state index contributed by atoms with van der Waals surface area (Å²) < 4.78 is 14.3. The second kappa shape index (κ2) is 9.28. The van der Waals surface area contributed by atoms with Crippen LogP contribution in [0.4, 0.5) is 15.8 Å². The smallest absolute Gasteiger partial charge is 0.255 e. The minimum Gasteiger partial charge on any atom is -0.392 e. The summed E-state index contributed by atoms with van der Waals surface area (Å²) in [5.41, 5.74) is 3.79. The Kier molecular flexibility index (Phi) is 6.54. The molecule has 154 valence electrons. The van der Waals surface area contributed by atoms with Crippen molar-refractivity contribution in [3.05, 3.63) is 78.5 Å². The van der Waals surface area contributed by atoms with Crippen molar-refractivity contribution in [2.75, 3.05) is 11.9 Å². The third-order valence-electron chi connectivity index (χ3n) is 4.41. The van der Waals surface area contributed by atoms with Gasteiger partial charge in [0.2, 0.25) is 0 Å². The van der Waals surface area contributed by atoms with Gasteiger partial charge in [0.25, 0.3) is 5.91 Å². The maximum Gasteiger partial charge on any atom is 0.255 e. The lowest BCUT2D eigenvalue weighted by Gasteiger charge is -2.16. The summed E-state index contributed by atoms with van der Waals surface area (Å²) in [5.74, 6) is -0.743. The highest BCUT2D eigenvalue weighted by molar-refractivity contribution is 6.00. The summed E-state index contributed by atoms with van der Waals surface area (Å²) in [4.78, 5) is 20.9. The number of carbonyl (C=O) groups excluding carboxylic acids is 1. The number of allylic oxidation sites excluding steroid dienone is 1. The summed E-state index contributed by atoms with van der Waals surface area (Å²) in [7, 11) is 0. The Morgan fingerprint density at radius 1 is 1.20 bits per heavy atom. The van der Waals surface area contributed by atoms with Crippen LogP contribution in [-0.4, -0.2) is 33.6 Å². The number of hydrogen-bond acceptors (Lipinski definition) is 5. The average molecular weight is 406 g/mol. The number of aliphatic hydroxyl groups is 1. The van der Waals surface area contributed by atoms with Gasteiger partial charge in [-0.25, -0.2) is 4.39 Å². The second-order valence-corrected chi connectivity index (χ2v) is 6.98. The van der Waals surface area contributed by atoms with E-state index in [2.05, 4.69) is 27.2 Å². The number of benzene rings is 1. The van der Waals surface area contributed by atoms with E-state index in [0.29, 0.717) is 28.2 Å². The molecule has 1 amide bonds. The van der Waals surface area contributed by atoms with Crippen molar-refractivity contribution >= 4 is 22.9 Å². The van der Waals surface area contributed by atoms with Crippen molar-refractivity contribution in [1.29, 1.82) is 0 Å². The van der Waals surface area contributed by atoms with E-state index in [4.69, 9.17) is 0 Å². The molecule has 0 aliphatic heterocycles. The van der Waals surface area contributed by atoms with Crippen molar-refractivity contribution in [2.45, 2.75) is 20.0 Å². The molecule has 3 aromatic rings. The molecule has 6 nitrogen and oxygen atoms in total. The standard InChI is InChI=1S/C23H23FN4O2/c1-14(2)17-13-26-21(16-6-4-5-7-19(16)24)10-22(17)28-20-8-9-25-12-18(20)23(30)27-11-15(3)29/h4-10,12-13,15,29H,1,11H2,2-3H3,(H,27,30)(H,25,26,28). The van der Waals surface area contributed by atoms with Crippen molar-refractivity contribution in [3.8, 4) is 11.3 Å². The lowest BCUT2D eigenvalue weighted by atomic mass is 10.0. The zero-order valence-corrected chi connectivity index (χ0v) is 16.8. The first-order valence-corrected chi connectivity index (χ1v) is 9.45. The number of nitrogens with one attached hydrogen (secondary N) is 2. The van der Waals surface area contributed by atoms with Crippen molar-refractivity contribution in [3.63, 3.8) is 0 Å². The Balaban J connectivity index is 2.00. The molecule has 0 bridgehead atoms. The molecular weight excluding hydrogens is 383 g/mol. The van der Waals surface area contributed by atoms with Crippen LogP contribution in [-0.2, 0) is 0 Å². The normalized spacial score (nSPS) is 11.6. The van der Waals surface area contributed by atoms with Crippen LogP contribution >= 0.6 is 0 Å². The molecular formula is C23H23FN4O2. The van der Waals surface area contributed by atoms with Crippen LogP contribution < -0.4 is 10.6 Å². The summed E-state index contributed by atoms with van der Waals surface area (Å²) in [5, 5.41) is 15.3. The number of amides is 1. The fraction of sp³-hybridized carbons (Fsp3) is 0.174. The third kappa shape index (κ3) is 4.87. The Morgan fingerprint density at radius 2 is 1.97 bits per heavy atom. The molecule has 0 fully saturated rings. The van der Waals surface area contributed by atoms with Crippen LogP contribution in [0.1, 0.15) is 29.8 Å². The van der Waals surface area contributed by atoms with Gasteiger partial charge in [-0.3, -0.25) is 14.8 Å². The molecule has 7 heteroatoms. The number of halogens is 1. The van der Waals surface area contributed by atoms with E-state index in [0.717, 1.165) is 11.1 Å². The van der Waals surface area contributed by atoms with Crippen molar-refractivity contribution in [2.24, 2.45) is 0 Å². The van der Waals surface area contributed by atoms with Gasteiger partial charge >= 0.3 is 0 Å². The van der Waals surface area contributed by atoms with Crippen molar-refractivity contribution in [1.82, 2.24) is 15.3 Å². The van der Waals surface area contributed by atoms with Gasteiger partial charge in [-0.1, -0.05) is 18.7 Å². The minimum atomic E-state index is -0.666. The summed E-state index contributed by atoms with van der Waals surface area (Å²) >= 11 is 0. The molecule has 2 heterocycles. The van der Waals surface area contributed by atoms with Crippen LogP contribution in [0.25, 0.3) is 16.8 Å². The minimum absolute atomic E-state index is 0.122. The highest BCUT2D eigenvalue weighted by Gasteiger charge is 2.15. The molecule has 1 unspecified atom stereocenters. The monoisotopic (exact) mass is 406 g/mol. The van der Waals surface area contributed by atoms with Gasteiger partial charge in [-0.15, -0.1) is 0 Å². The lowest BCUT2D eigenvalue weighted by Crippen LogP contribution is -2.31. The fourth-order valence-corrected chi connectivity index (χ4v) is 2.88. The second-order valence-electron chi connectivity index (χ2n) is 6.98. The molecule has 0 aliphatic carbocycles. The molecule has 0 saturated heterocycles. The average Bonchev–Trinajstić information content (AvgIpc) is 2.72.